The summed E-state index contributed by atoms with van der Waals surface area (Å²) in [5, 5.41) is 76.7. The zero-order valence-corrected chi connectivity index (χ0v) is 45.2. The first-order chi connectivity index (χ1) is 34.8. The van der Waals surface area contributed by atoms with Crippen LogP contribution in [0.5, 0.6) is 11.5 Å². The maximum absolute atomic E-state index is 14.0. The maximum atomic E-state index is 14.0. The van der Waals surface area contributed by atoms with E-state index in [-0.39, 0.29) is 41.8 Å². The molecule has 18 nitrogen and oxygen atoms in total. The fourth-order valence-corrected chi connectivity index (χ4v) is 9.36. The number of carbonyl (C=O) groups excluding carboxylic acids is 3. The number of benzene rings is 1. The van der Waals surface area contributed by atoms with Gasteiger partial charge in [-0.05, 0) is 96.9 Å². The van der Waals surface area contributed by atoms with Gasteiger partial charge in [0.25, 0.3) is 0 Å². The highest BCUT2D eigenvalue weighted by atomic mass is 35.5. The van der Waals surface area contributed by atoms with E-state index in [0.29, 0.717) is 36.0 Å². The molecule has 1 aromatic rings. The quantitative estimate of drug-likeness (QED) is 0.0330. The molecule has 74 heavy (non-hydrogen) atoms. The molecule has 7 N–H and O–H groups in total. The molecule has 2 fully saturated rings. The second-order valence-electron chi connectivity index (χ2n) is 19.3. The van der Waals surface area contributed by atoms with Gasteiger partial charge in [0.2, 0.25) is 0 Å². The van der Waals surface area contributed by atoms with Crippen molar-refractivity contribution >= 4 is 41.1 Å². The van der Waals surface area contributed by atoms with Crippen LogP contribution in [0, 0.1) is 18.3 Å². The van der Waals surface area contributed by atoms with Crippen molar-refractivity contribution in [2.45, 2.75) is 193 Å². The van der Waals surface area contributed by atoms with Crippen molar-refractivity contribution in [2.24, 2.45) is 5.92 Å². The Balaban J connectivity index is 1.61. The summed E-state index contributed by atoms with van der Waals surface area (Å²) >= 11 is 12.3. The van der Waals surface area contributed by atoms with E-state index in [0.717, 1.165) is 0 Å². The Bertz CT molecular complexity index is 2310. The Morgan fingerprint density at radius 3 is 2.27 bits per heavy atom. The summed E-state index contributed by atoms with van der Waals surface area (Å²) in [6.07, 6.45) is 0.352. The van der Waals surface area contributed by atoms with Gasteiger partial charge < -0.3 is 73.6 Å². The van der Waals surface area contributed by atoms with Crippen molar-refractivity contribution in [2.75, 3.05) is 13.7 Å². The van der Waals surface area contributed by atoms with Gasteiger partial charge in [-0.2, -0.15) is 0 Å². The lowest BCUT2D eigenvalue weighted by Gasteiger charge is -2.47. The summed E-state index contributed by atoms with van der Waals surface area (Å²) in [5.41, 5.74) is 0.217. The van der Waals surface area contributed by atoms with E-state index in [1.165, 1.54) is 33.1 Å². The molecule has 0 radical (unpaired) electrons. The summed E-state index contributed by atoms with van der Waals surface area (Å²) in [5.74, 6) is -1.95. The van der Waals surface area contributed by atoms with E-state index in [1.807, 2.05) is 26.0 Å². The number of esters is 3. The molecular formula is C54H74Cl2O18. The molecular weight excluding hydrogens is 1010 g/mol. The number of aliphatic hydroxyl groups is 5. The Morgan fingerprint density at radius 1 is 0.959 bits per heavy atom. The lowest BCUT2D eigenvalue weighted by atomic mass is 9.88. The molecule has 0 bridgehead atoms. The molecule has 2 saturated heterocycles. The number of allylic oxidation sites excluding steroid dienone is 4. The summed E-state index contributed by atoms with van der Waals surface area (Å²) < 4.78 is 47.6. The van der Waals surface area contributed by atoms with Crippen LogP contribution < -0.4 is 0 Å². The number of phenolic OH excluding ortho intramolecular Hbond substituents is 2. The molecule has 0 aromatic heterocycles. The zero-order valence-electron chi connectivity index (χ0n) is 43.7. The predicted molar refractivity (Wildman–Crippen MR) is 273 cm³/mol. The highest BCUT2D eigenvalue weighted by Gasteiger charge is 2.53. The first-order valence-corrected chi connectivity index (χ1v) is 25.5. The number of hydrogen-bond acceptors (Lipinski definition) is 18. The maximum Gasteiger partial charge on any atom is 0.342 e. The minimum absolute atomic E-state index is 0.0168. The minimum atomic E-state index is -1.60. The monoisotopic (exact) mass is 1080 g/mol. The molecule has 20 heteroatoms. The van der Waals surface area contributed by atoms with E-state index < -0.39 is 138 Å². The number of ether oxygens (including phenoxy) is 8. The smallest absolute Gasteiger partial charge is 0.342 e. The van der Waals surface area contributed by atoms with Crippen LogP contribution in [0.25, 0.3) is 0 Å². The predicted octanol–water partition coefficient (Wildman–Crippen LogP) is 6.38. The Hall–Kier alpha value is -4.33. The van der Waals surface area contributed by atoms with Gasteiger partial charge in [0, 0.05) is 32.3 Å². The number of rotatable bonds is 15. The molecule has 0 saturated carbocycles. The summed E-state index contributed by atoms with van der Waals surface area (Å²) in [4.78, 5) is 40.3. The molecule has 0 spiro atoms. The highest BCUT2D eigenvalue weighted by Crippen LogP contribution is 2.45. The third kappa shape index (κ3) is 15.6. The number of methoxy groups -OCH3 is 1. The van der Waals surface area contributed by atoms with Crippen LogP contribution in [0.4, 0.5) is 0 Å². The van der Waals surface area contributed by atoms with E-state index in [9.17, 15) is 50.1 Å². The standard InChI is InChI=1S/C54H74Cl2O18/c1-12-15-16-21-37(59)71-47-44(63)52(74-54(9,10)49(47)64)73-45-29(6)24-27(4)22-23-36(30(7)57)70-50(65)33(19-17-18-20-35(58)28(5)25-32(45)13-2)26-68-53-48(67-11)43(62)46(31(8)69-53)72-51(66)38-34(14-3)39(55)42(61)40(56)41(38)60/h1,17-19,22,24-25,30-32,35-36,43-49,52-53,57-58,60-64H,13-16,20-21,23,26H2,2-11H3/b18-17+,27-22+,28-25+,29-24+,33-19+/t30-,31-,32+,35+,36+,43+,44+,45+,46-,47-,48+,49+,52-,53-/m1/s1. The average Bonchev–Trinajstić information content (AvgIpc) is 3.34. The van der Waals surface area contributed by atoms with E-state index >= 15 is 0 Å². The lowest BCUT2D eigenvalue weighted by Crippen LogP contribution is -2.64. The van der Waals surface area contributed by atoms with Gasteiger partial charge in [-0.1, -0.05) is 73.0 Å². The van der Waals surface area contributed by atoms with Crippen LogP contribution in [0.3, 0.4) is 0 Å². The van der Waals surface area contributed by atoms with Gasteiger partial charge in [0.15, 0.2) is 36.3 Å². The van der Waals surface area contributed by atoms with Gasteiger partial charge in [-0.15, -0.1) is 12.3 Å². The number of terminal acetylenes is 1. The van der Waals surface area contributed by atoms with Crippen LogP contribution >= 0.6 is 23.2 Å². The van der Waals surface area contributed by atoms with Crippen LogP contribution in [0.1, 0.15) is 117 Å². The molecule has 0 unspecified atom stereocenters. The number of aliphatic hydroxyl groups excluding tert-OH is 5. The average molecular weight is 1080 g/mol. The number of aromatic hydroxyl groups is 2. The first kappa shape index (κ1) is 62.2. The number of phenols is 2. The Labute approximate surface area is 443 Å². The Kier molecular flexibility index (Phi) is 23.7. The molecule has 3 heterocycles. The van der Waals surface area contributed by atoms with Gasteiger partial charge in [0.1, 0.15) is 41.1 Å². The molecule has 14 atom stereocenters. The van der Waals surface area contributed by atoms with Crippen molar-refractivity contribution < 1.29 is 88.0 Å². The van der Waals surface area contributed by atoms with Crippen molar-refractivity contribution in [3.8, 4) is 23.8 Å². The second-order valence-corrected chi connectivity index (χ2v) is 20.1. The van der Waals surface area contributed by atoms with Crippen molar-refractivity contribution in [3.63, 3.8) is 0 Å². The van der Waals surface area contributed by atoms with E-state index in [2.05, 4.69) is 5.92 Å². The molecule has 4 rings (SSSR count). The fourth-order valence-electron chi connectivity index (χ4n) is 8.80. The SMILES string of the molecule is C#CCCCC(=O)O[C@@H]1[C@H](O)[C@H](O[C@H]2/C(C)=C/C(C)=C/C[C@@H]([C@@H](C)O)OC(=O)/C(CO[C@@H]3O[C@H](C)[C@@H](OC(=O)c4c(O)c(Cl)c(O)c(Cl)c4CC)[C@H](O)[C@@H]3OC)=C/C=C/C[C@H](O)/C(C)=C/[C@@H]2CC)OC(C)(C)[C@H]1O. The number of cyclic esters (lactones) is 1. The van der Waals surface area contributed by atoms with E-state index in [4.69, 9.17) is 67.5 Å². The van der Waals surface area contributed by atoms with Gasteiger partial charge in [-0.3, -0.25) is 4.79 Å². The van der Waals surface area contributed by atoms with Crippen LogP contribution in [0.15, 0.2) is 58.7 Å². The highest BCUT2D eigenvalue weighted by molar-refractivity contribution is 6.39. The van der Waals surface area contributed by atoms with Crippen LogP contribution in [0.2, 0.25) is 10.0 Å². The van der Waals surface area contributed by atoms with Crippen molar-refractivity contribution in [3.05, 3.63) is 79.9 Å². The first-order valence-electron chi connectivity index (χ1n) is 24.7. The molecule has 0 aliphatic carbocycles. The normalized spacial score (nSPS) is 34.0. The molecule has 3 aliphatic rings. The van der Waals surface area contributed by atoms with Crippen LogP contribution in [-0.4, -0.2) is 153 Å². The minimum Gasteiger partial charge on any atom is -0.505 e. The van der Waals surface area contributed by atoms with Gasteiger partial charge in [-0.25, -0.2) is 9.59 Å². The number of hydrogen-bond donors (Lipinski definition) is 7. The number of halogens is 2. The molecule has 1 aromatic carbocycles. The fraction of sp³-hybridized carbons (Fsp3) is 0.611. The molecule has 0 amide bonds. The third-order valence-corrected chi connectivity index (χ3v) is 14.0. The topological polar surface area (TPSA) is 267 Å². The molecule has 412 valence electrons. The Morgan fingerprint density at radius 2 is 1.65 bits per heavy atom. The van der Waals surface area contributed by atoms with Crippen molar-refractivity contribution in [1.29, 1.82) is 0 Å². The van der Waals surface area contributed by atoms with Crippen LogP contribution in [-0.2, 0) is 53.9 Å². The summed E-state index contributed by atoms with van der Waals surface area (Å²) in [6.45, 7) is 14.6. The lowest BCUT2D eigenvalue weighted by molar-refractivity contribution is -0.333. The third-order valence-electron chi connectivity index (χ3n) is 13.3. The molecule has 3 aliphatic heterocycles. The van der Waals surface area contributed by atoms with E-state index in [1.54, 1.807) is 46.8 Å². The summed E-state index contributed by atoms with van der Waals surface area (Å²) in [6, 6.07) is 0. The van der Waals surface area contributed by atoms with Gasteiger partial charge in [0.05, 0.1) is 47.2 Å². The van der Waals surface area contributed by atoms with Gasteiger partial charge >= 0.3 is 17.9 Å². The summed E-state index contributed by atoms with van der Waals surface area (Å²) in [7, 11) is 1.26. The zero-order chi connectivity index (χ0) is 55.4. The van der Waals surface area contributed by atoms with Crippen molar-refractivity contribution in [1.82, 2.24) is 0 Å². The number of carbonyl (C=O) groups is 3. The number of unbranched alkanes of at least 4 members (excludes halogenated alkanes) is 1. The second kappa shape index (κ2) is 28.2. The largest absolute Gasteiger partial charge is 0.505 e.